The van der Waals surface area contributed by atoms with Crippen molar-refractivity contribution in [1.82, 2.24) is 0 Å². The van der Waals surface area contributed by atoms with Gasteiger partial charge in [-0.1, -0.05) is 48.5 Å². The van der Waals surface area contributed by atoms with Crippen molar-refractivity contribution < 1.29 is 17.9 Å². The molecule has 1 aliphatic rings. The van der Waals surface area contributed by atoms with Crippen LogP contribution in [0.3, 0.4) is 0 Å². The molecule has 2 aromatic rings. The van der Waals surface area contributed by atoms with Crippen molar-refractivity contribution in [2.45, 2.75) is 18.7 Å². The van der Waals surface area contributed by atoms with Gasteiger partial charge < -0.3 is 4.74 Å². The maximum absolute atomic E-state index is 12.2. The van der Waals surface area contributed by atoms with Gasteiger partial charge in [0, 0.05) is 12.1 Å². The summed E-state index contributed by atoms with van der Waals surface area (Å²) in [4.78, 5) is 4.46. The van der Waals surface area contributed by atoms with Gasteiger partial charge in [0.2, 0.25) is 0 Å². The quantitative estimate of drug-likeness (QED) is 0.774. The third kappa shape index (κ3) is 3.80. The molecule has 1 atom stereocenters. The third-order valence-corrected chi connectivity index (χ3v) is 3.61. The molecule has 0 amide bonds. The van der Waals surface area contributed by atoms with E-state index in [0.717, 1.165) is 23.3 Å². The summed E-state index contributed by atoms with van der Waals surface area (Å²) in [5, 5.41) is 0. The number of alkyl halides is 3. The van der Waals surface area contributed by atoms with Crippen molar-refractivity contribution in [1.29, 1.82) is 0 Å². The number of allylic oxidation sites excluding steroid dienone is 1. The first-order valence-electron chi connectivity index (χ1n) is 7.17. The second-order valence-corrected chi connectivity index (χ2v) is 5.17. The van der Waals surface area contributed by atoms with Crippen LogP contribution >= 0.6 is 0 Å². The molecule has 2 aromatic carbocycles. The minimum absolute atomic E-state index is 0.0161. The zero-order valence-corrected chi connectivity index (χ0v) is 12.1. The van der Waals surface area contributed by atoms with Crippen LogP contribution in [0.15, 0.2) is 71.9 Å². The van der Waals surface area contributed by atoms with Crippen LogP contribution in [0.2, 0.25) is 0 Å². The van der Waals surface area contributed by atoms with Crippen molar-refractivity contribution in [2.24, 2.45) is 4.99 Å². The fourth-order valence-corrected chi connectivity index (χ4v) is 2.61. The minimum Gasteiger partial charge on any atom is -0.406 e. The van der Waals surface area contributed by atoms with Gasteiger partial charge in [0.15, 0.2) is 0 Å². The molecule has 0 unspecified atom stereocenters. The molecule has 1 aliphatic heterocycles. The zero-order chi connectivity index (χ0) is 16.3. The van der Waals surface area contributed by atoms with E-state index in [2.05, 4.69) is 9.73 Å². The molecule has 0 aliphatic carbocycles. The Hall–Kier alpha value is -2.56. The molecule has 1 heterocycles. The van der Waals surface area contributed by atoms with Crippen molar-refractivity contribution >= 4 is 5.71 Å². The normalized spacial score (nSPS) is 17.7. The molecule has 0 N–H and O–H groups in total. The predicted molar refractivity (Wildman–Crippen MR) is 82.6 cm³/mol. The van der Waals surface area contributed by atoms with Gasteiger partial charge in [-0.05, 0) is 29.7 Å². The van der Waals surface area contributed by atoms with E-state index in [4.69, 9.17) is 0 Å². The Balaban J connectivity index is 1.86. The third-order valence-electron chi connectivity index (χ3n) is 3.61. The molecule has 0 saturated heterocycles. The molecule has 2 nitrogen and oxygen atoms in total. The summed E-state index contributed by atoms with van der Waals surface area (Å²) in [7, 11) is 0. The largest absolute Gasteiger partial charge is 0.573 e. The second kappa shape index (κ2) is 6.28. The molecule has 0 saturated carbocycles. The Bertz CT molecular complexity index is 718. The fourth-order valence-electron chi connectivity index (χ4n) is 2.61. The average molecular weight is 317 g/mol. The van der Waals surface area contributed by atoms with E-state index in [0.29, 0.717) is 0 Å². The van der Waals surface area contributed by atoms with Gasteiger partial charge in [-0.3, -0.25) is 4.99 Å². The molecule has 0 aromatic heterocycles. The molecule has 23 heavy (non-hydrogen) atoms. The van der Waals surface area contributed by atoms with E-state index in [1.807, 2.05) is 36.4 Å². The Kier molecular flexibility index (Phi) is 4.19. The summed E-state index contributed by atoms with van der Waals surface area (Å²) in [6, 6.07) is 15.8. The fraction of sp³-hybridized carbons (Fsp3) is 0.167. The number of nitrogens with zero attached hydrogens (tertiary/aromatic N) is 1. The van der Waals surface area contributed by atoms with Crippen LogP contribution in [-0.2, 0) is 0 Å². The smallest absolute Gasteiger partial charge is 0.406 e. The van der Waals surface area contributed by atoms with Crippen molar-refractivity contribution in [3.8, 4) is 5.75 Å². The predicted octanol–water partition coefficient (Wildman–Crippen LogP) is 5.08. The lowest BCUT2D eigenvalue weighted by Gasteiger charge is -2.21. The summed E-state index contributed by atoms with van der Waals surface area (Å²) in [5.74, 6) is -0.201. The average Bonchev–Trinajstić information content (AvgIpc) is 2.55. The maximum atomic E-state index is 12.2. The highest BCUT2D eigenvalue weighted by atomic mass is 19.4. The number of ether oxygens (including phenoxy) is 1. The summed E-state index contributed by atoms with van der Waals surface area (Å²) >= 11 is 0. The van der Waals surface area contributed by atoms with Gasteiger partial charge in [0.1, 0.15) is 5.75 Å². The molecule has 0 fully saturated rings. The van der Waals surface area contributed by atoms with Crippen LogP contribution in [-0.4, -0.2) is 12.1 Å². The molecule has 0 radical (unpaired) electrons. The van der Waals surface area contributed by atoms with Gasteiger partial charge in [-0.2, -0.15) is 0 Å². The molecular formula is C18H14F3NO. The van der Waals surface area contributed by atoms with E-state index in [1.165, 1.54) is 12.1 Å². The Morgan fingerprint density at radius 2 is 1.65 bits per heavy atom. The summed E-state index contributed by atoms with van der Waals surface area (Å²) in [6.07, 6.45) is -0.198. The number of aliphatic imine (C=N–C) groups is 1. The Morgan fingerprint density at radius 3 is 2.30 bits per heavy atom. The van der Waals surface area contributed by atoms with Gasteiger partial charge in [-0.15, -0.1) is 13.2 Å². The first kappa shape index (κ1) is 15.3. The van der Waals surface area contributed by atoms with E-state index in [-0.39, 0.29) is 11.7 Å². The lowest BCUT2D eigenvalue weighted by molar-refractivity contribution is -0.274. The molecule has 0 spiro atoms. The van der Waals surface area contributed by atoms with Crippen molar-refractivity contribution in [3.63, 3.8) is 0 Å². The van der Waals surface area contributed by atoms with Gasteiger partial charge in [0.05, 0.1) is 5.71 Å². The van der Waals surface area contributed by atoms with Crippen molar-refractivity contribution in [3.05, 3.63) is 78.0 Å². The Labute approximate surface area is 131 Å². The minimum atomic E-state index is -4.67. The van der Waals surface area contributed by atoms with Gasteiger partial charge >= 0.3 is 6.36 Å². The topological polar surface area (TPSA) is 21.6 Å². The summed E-state index contributed by atoms with van der Waals surface area (Å²) < 4.78 is 40.6. The number of hydrogen-bond acceptors (Lipinski definition) is 2. The maximum Gasteiger partial charge on any atom is 0.573 e. The molecule has 0 bridgehead atoms. The van der Waals surface area contributed by atoms with Crippen LogP contribution in [0.5, 0.6) is 5.75 Å². The number of benzene rings is 2. The zero-order valence-electron chi connectivity index (χ0n) is 12.1. The summed E-state index contributed by atoms with van der Waals surface area (Å²) in [6.45, 7) is 0. The molecule has 3 rings (SSSR count). The SMILES string of the molecule is FC(F)(F)Oc1ccc([C@@H]2CC=CN=C2c2ccccc2)cc1. The first-order chi connectivity index (χ1) is 11.0. The molecular weight excluding hydrogens is 303 g/mol. The van der Waals surface area contributed by atoms with Crippen molar-refractivity contribution in [2.75, 3.05) is 0 Å². The van der Waals surface area contributed by atoms with Crippen LogP contribution in [0.25, 0.3) is 0 Å². The van der Waals surface area contributed by atoms with E-state index < -0.39 is 6.36 Å². The standard InChI is InChI=1S/C18H14F3NO/c19-18(20,21)23-15-10-8-13(9-11-15)16-7-4-12-22-17(16)14-5-2-1-3-6-14/h1-6,8-12,16H,7H2/t16-/m0/s1. The number of halogens is 3. The summed E-state index contributed by atoms with van der Waals surface area (Å²) in [5.41, 5.74) is 2.83. The second-order valence-electron chi connectivity index (χ2n) is 5.17. The monoisotopic (exact) mass is 317 g/mol. The molecule has 5 heteroatoms. The highest BCUT2D eigenvalue weighted by Gasteiger charge is 2.31. The van der Waals surface area contributed by atoms with E-state index in [9.17, 15) is 13.2 Å². The van der Waals surface area contributed by atoms with Gasteiger partial charge in [0.25, 0.3) is 0 Å². The van der Waals surface area contributed by atoms with Crippen LogP contribution < -0.4 is 4.74 Å². The van der Waals surface area contributed by atoms with Crippen LogP contribution in [0.1, 0.15) is 23.5 Å². The highest BCUT2D eigenvalue weighted by Crippen LogP contribution is 2.31. The van der Waals surface area contributed by atoms with E-state index in [1.54, 1.807) is 18.3 Å². The number of rotatable bonds is 3. The van der Waals surface area contributed by atoms with Gasteiger partial charge in [-0.25, -0.2) is 0 Å². The lowest BCUT2D eigenvalue weighted by atomic mass is 9.86. The number of hydrogen-bond donors (Lipinski definition) is 0. The highest BCUT2D eigenvalue weighted by molar-refractivity contribution is 6.06. The van der Waals surface area contributed by atoms with E-state index >= 15 is 0 Å². The Morgan fingerprint density at radius 1 is 0.957 bits per heavy atom. The van der Waals surface area contributed by atoms with Crippen LogP contribution in [0.4, 0.5) is 13.2 Å². The lowest BCUT2D eigenvalue weighted by Crippen LogP contribution is -2.18. The first-order valence-corrected chi connectivity index (χ1v) is 7.17. The van der Waals surface area contributed by atoms with Crippen LogP contribution in [0, 0.1) is 0 Å². The molecule has 118 valence electrons.